The molecule has 0 aromatic carbocycles. The monoisotopic (exact) mass is 344 g/mol. The van der Waals surface area contributed by atoms with Crippen LogP contribution in [0.3, 0.4) is 0 Å². The highest BCUT2D eigenvalue weighted by Gasteiger charge is 2.44. The van der Waals surface area contributed by atoms with Crippen LogP contribution in [0.25, 0.3) is 0 Å². The molecule has 0 aliphatic carbocycles. The van der Waals surface area contributed by atoms with Crippen molar-refractivity contribution in [3.8, 4) is 0 Å². The average molecular weight is 344 g/mol. The Bertz CT molecular complexity index is 605. The van der Waals surface area contributed by atoms with Crippen molar-refractivity contribution in [2.45, 2.75) is 44.9 Å². The second-order valence-electron chi connectivity index (χ2n) is 6.99. The second kappa shape index (κ2) is 6.05. The van der Waals surface area contributed by atoms with Crippen LogP contribution in [0.15, 0.2) is 0 Å². The van der Waals surface area contributed by atoms with Gasteiger partial charge in [0.25, 0.3) is 0 Å². The van der Waals surface area contributed by atoms with Gasteiger partial charge in [-0.1, -0.05) is 0 Å². The van der Waals surface area contributed by atoms with E-state index in [0.717, 1.165) is 0 Å². The lowest BCUT2D eigenvalue weighted by Crippen LogP contribution is -2.52. The molecule has 2 amide bonds. The summed E-state index contributed by atoms with van der Waals surface area (Å²) < 4.78 is 28.8. The van der Waals surface area contributed by atoms with E-state index < -0.39 is 9.84 Å². The van der Waals surface area contributed by atoms with Crippen molar-refractivity contribution in [3.05, 3.63) is 0 Å². The number of likely N-dealkylation sites (tertiary alicyclic amines) is 1. The van der Waals surface area contributed by atoms with Gasteiger partial charge in [0.2, 0.25) is 11.8 Å². The van der Waals surface area contributed by atoms with Crippen molar-refractivity contribution in [3.63, 3.8) is 0 Å². The summed E-state index contributed by atoms with van der Waals surface area (Å²) in [6, 6.07) is -0.249. The van der Waals surface area contributed by atoms with Gasteiger partial charge in [0.1, 0.15) is 0 Å². The van der Waals surface area contributed by atoms with Gasteiger partial charge in [0, 0.05) is 25.6 Å². The molecule has 3 saturated heterocycles. The molecule has 3 heterocycles. The first-order chi connectivity index (χ1) is 10.8. The summed E-state index contributed by atoms with van der Waals surface area (Å²) in [5, 5.41) is 0. The SMILES string of the molecule is C[C@@H]1CN(C(=O)[C@@H]2CC(=O)N([C@@H]3CCS(=O)(=O)C3)C2)[C@H](C)CO1. The van der Waals surface area contributed by atoms with Gasteiger partial charge in [-0.05, 0) is 20.3 Å². The standard InChI is InChI=1S/C15H24N2O5S/c1-10-8-22-11(2)6-16(10)15(19)12-5-14(18)17(7-12)13-3-4-23(20,21)9-13/h10-13H,3-9H2,1-2H3/t10-,11-,12-,13-/m1/s1. The average Bonchev–Trinajstić information content (AvgIpc) is 3.03. The zero-order valence-corrected chi connectivity index (χ0v) is 14.4. The molecule has 3 aliphatic heterocycles. The first-order valence-electron chi connectivity index (χ1n) is 8.19. The van der Waals surface area contributed by atoms with Crippen molar-refractivity contribution in [1.82, 2.24) is 9.80 Å². The minimum atomic E-state index is -3.04. The van der Waals surface area contributed by atoms with E-state index in [9.17, 15) is 18.0 Å². The largest absolute Gasteiger partial charge is 0.375 e. The number of carbonyl (C=O) groups excluding carboxylic acids is 2. The van der Waals surface area contributed by atoms with Crippen LogP contribution in [-0.2, 0) is 24.2 Å². The van der Waals surface area contributed by atoms with Crippen molar-refractivity contribution < 1.29 is 22.7 Å². The van der Waals surface area contributed by atoms with Crippen molar-refractivity contribution in [2.75, 3.05) is 31.2 Å². The molecule has 3 fully saturated rings. The highest BCUT2D eigenvalue weighted by Crippen LogP contribution is 2.28. The zero-order valence-electron chi connectivity index (χ0n) is 13.6. The Balaban J connectivity index is 1.66. The number of sulfone groups is 1. The summed E-state index contributed by atoms with van der Waals surface area (Å²) in [7, 11) is -3.04. The zero-order chi connectivity index (χ0) is 16.8. The fraction of sp³-hybridized carbons (Fsp3) is 0.867. The fourth-order valence-corrected chi connectivity index (χ4v) is 5.45. The molecular weight excluding hydrogens is 320 g/mol. The maximum absolute atomic E-state index is 12.8. The van der Waals surface area contributed by atoms with Gasteiger partial charge in [-0.3, -0.25) is 9.59 Å². The van der Waals surface area contributed by atoms with Crippen LogP contribution >= 0.6 is 0 Å². The predicted molar refractivity (Wildman–Crippen MR) is 83.5 cm³/mol. The molecule has 7 nitrogen and oxygen atoms in total. The number of morpholine rings is 1. The van der Waals surface area contributed by atoms with E-state index in [0.29, 0.717) is 26.1 Å². The molecule has 0 saturated carbocycles. The molecule has 0 bridgehead atoms. The molecule has 4 atom stereocenters. The van der Waals surface area contributed by atoms with Gasteiger partial charge < -0.3 is 14.5 Å². The summed E-state index contributed by atoms with van der Waals surface area (Å²) in [5.74, 6) is -0.301. The Morgan fingerprint density at radius 1 is 1.26 bits per heavy atom. The Labute approximate surface area is 136 Å². The lowest BCUT2D eigenvalue weighted by molar-refractivity contribution is -0.147. The van der Waals surface area contributed by atoms with Crippen molar-refractivity contribution in [1.29, 1.82) is 0 Å². The van der Waals surface area contributed by atoms with Crippen LogP contribution in [0, 0.1) is 5.92 Å². The molecule has 0 aromatic heterocycles. The molecule has 3 aliphatic rings. The summed E-state index contributed by atoms with van der Waals surface area (Å²) >= 11 is 0. The van der Waals surface area contributed by atoms with Gasteiger partial charge in [0.05, 0.1) is 36.2 Å². The third-order valence-corrected chi connectivity index (χ3v) is 6.80. The molecule has 0 aromatic rings. The van der Waals surface area contributed by atoms with Gasteiger partial charge in [-0.2, -0.15) is 0 Å². The summed E-state index contributed by atoms with van der Waals surface area (Å²) in [4.78, 5) is 28.4. The van der Waals surface area contributed by atoms with Crippen LogP contribution in [0.4, 0.5) is 0 Å². The number of amides is 2. The maximum Gasteiger partial charge on any atom is 0.228 e. The molecule has 0 N–H and O–H groups in total. The molecule has 8 heteroatoms. The van der Waals surface area contributed by atoms with Crippen molar-refractivity contribution >= 4 is 21.7 Å². The number of hydrogen-bond donors (Lipinski definition) is 0. The van der Waals surface area contributed by atoms with Gasteiger partial charge in [0.15, 0.2) is 9.84 Å². The molecule has 23 heavy (non-hydrogen) atoms. The predicted octanol–water partition coefficient (Wildman–Crippen LogP) is -0.342. The smallest absolute Gasteiger partial charge is 0.228 e. The van der Waals surface area contributed by atoms with E-state index in [1.807, 2.05) is 13.8 Å². The van der Waals surface area contributed by atoms with Gasteiger partial charge in [-0.25, -0.2) is 8.42 Å². The normalized spacial score (nSPS) is 37.4. The first kappa shape index (κ1) is 16.7. The number of nitrogens with zero attached hydrogens (tertiary/aromatic N) is 2. The maximum atomic E-state index is 12.8. The third-order valence-electron chi connectivity index (χ3n) is 5.05. The lowest BCUT2D eigenvalue weighted by Gasteiger charge is -2.38. The molecule has 130 valence electrons. The first-order valence-corrected chi connectivity index (χ1v) is 10.0. The minimum Gasteiger partial charge on any atom is -0.375 e. The quantitative estimate of drug-likeness (QED) is 0.684. The van der Waals surface area contributed by atoms with Crippen molar-refractivity contribution in [2.24, 2.45) is 5.92 Å². The Kier molecular flexibility index (Phi) is 4.39. The van der Waals surface area contributed by atoms with E-state index in [-0.39, 0.29) is 53.8 Å². The van der Waals surface area contributed by atoms with E-state index in [4.69, 9.17) is 4.74 Å². The van der Waals surface area contributed by atoms with Crippen LogP contribution in [0.1, 0.15) is 26.7 Å². The van der Waals surface area contributed by atoms with Crippen LogP contribution in [0.5, 0.6) is 0 Å². The Morgan fingerprint density at radius 2 is 2.00 bits per heavy atom. The van der Waals surface area contributed by atoms with E-state index in [2.05, 4.69) is 0 Å². The number of rotatable bonds is 2. The fourth-order valence-electron chi connectivity index (χ4n) is 3.72. The summed E-state index contributed by atoms with van der Waals surface area (Å²) in [6.07, 6.45) is 0.678. The molecular formula is C15H24N2O5S. The van der Waals surface area contributed by atoms with E-state index >= 15 is 0 Å². The van der Waals surface area contributed by atoms with Gasteiger partial charge in [-0.15, -0.1) is 0 Å². The topological polar surface area (TPSA) is 84.0 Å². The van der Waals surface area contributed by atoms with Crippen LogP contribution < -0.4 is 0 Å². The minimum absolute atomic E-state index is 0.00309. The second-order valence-corrected chi connectivity index (χ2v) is 9.22. The Hall–Kier alpha value is -1.15. The van der Waals surface area contributed by atoms with E-state index in [1.54, 1.807) is 9.80 Å². The summed E-state index contributed by atoms with van der Waals surface area (Å²) in [5.41, 5.74) is 0. The molecule has 0 unspecified atom stereocenters. The molecule has 0 spiro atoms. The lowest BCUT2D eigenvalue weighted by atomic mass is 10.0. The number of hydrogen-bond acceptors (Lipinski definition) is 5. The highest BCUT2D eigenvalue weighted by atomic mass is 32.2. The molecule has 0 radical (unpaired) electrons. The Morgan fingerprint density at radius 3 is 2.65 bits per heavy atom. The van der Waals surface area contributed by atoms with Crippen LogP contribution in [0.2, 0.25) is 0 Å². The van der Waals surface area contributed by atoms with Gasteiger partial charge >= 0.3 is 0 Å². The highest BCUT2D eigenvalue weighted by molar-refractivity contribution is 7.91. The number of carbonyl (C=O) groups is 2. The summed E-state index contributed by atoms with van der Waals surface area (Å²) in [6.45, 7) is 5.28. The van der Waals surface area contributed by atoms with Crippen LogP contribution in [-0.4, -0.2) is 79.4 Å². The molecule has 3 rings (SSSR count). The third kappa shape index (κ3) is 3.38. The number of ether oxygens (including phenoxy) is 1. The van der Waals surface area contributed by atoms with E-state index in [1.165, 1.54) is 0 Å².